The lowest BCUT2D eigenvalue weighted by Crippen LogP contribution is -1.88. The van der Waals surface area contributed by atoms with E-state index < -0.39 is 0 Å². The summed E-state index contributed by atoms with van der Waals surface area (Å²) < 4.78 is 0. The minimum absolute atomic E-state index is 0.144. The van der Waals surface area contributed by atoms with Crippen LogP contribution in [0.2, 0.25) is 5.02 Å². The predicted molar refractivity (Wildman–Crippen MR) is 59.8 cm³/mol. The van der Waals surface area contributed by atoms with Gasteiger partial charge in [0, 0.05) is 16.1 Å². The molecular formula is C10H10ClN3O. The molecule has 0 unspecified atom stereocenters. The molecular weight excluding hydrogens is 214 g/mol. The van der Waals surface area contributed by atoms with Gasteiger partial charge in [0.05, 0.1) is 6.20 Å². The van der Waals surface area contributed by atoms with Crippen LogP contribution in [0.1, 0.15) is 5.56 Å². The van der Waals surface area contributed by atoms with E-state index in [1.165, 1.54) is 0 Å². The summed E-state index contributed by atoms with van der Waals surface area (Å²) in [5.41, 5.74) is 7.70. The van der Waals surface area contributed by atoms with Crippen LogP contribution in [0.15, 0.2) is 18.3 Å². The van der Waals surface area contributed by atoms with Gasteiger partial charge in [-0.15, -0.1) is 0 Å². The van der Waals surface area contributed by atoms with Gasteiger partial charge in [0.25, 0.3) is 0 Å². The van der Waals surface area contributed by atoms with E-state index in [1.807, 2.05) is 6.92 Å². The lowest BCUT2D eigenvalue weighted by atomic mass is 10.1. The lowest BCUT2D eigenvalue weighted by Gasteiger charge is -2.06. The number of nitrogen functional groups attached to an aromatic ring is 1. The van der Waals surface area contributed by atoms with Gasteiger partial charge in [-0.3, -0.25) is 5.10 Å². The summed E-state index contributed by atoms with van der Waals surface area (Å²) in [6.07, 6.45) is 1.55. The average molecular weight is 224 g/mol. The molecule has 1 aromatic heterocycles. The van der Waals surface area contributed by atoms with Crippen LogP contribution >= 0.6 is 11.6 Å². The van der Waals surface area contributed by atoms with Crippen molar-refractivity contribution in [2.45, 2.75) is 6.92 Å². The highest BCUT2D eigenvalue weighted by molar-refractivity contribution is 6.31. The monoisotopic (exact) mass is 223 g/mol. The third-order valence-electron chi connectivity index (χ3n) is 2.24. The van der Waals surface area contributed by atoms with E-state index in [0.29, 0.717) is 22.0 Å². The standard InChI is InChI=1S/C10H10ClN3O/c1-5-2-9(15)6(3-8(5)11)7-4-13-14-10(7)12/h2-4,15H,1H3,(H3,12,13,14). The average Bonchev–Trinajstić information content (AvgIpc) is 2.58. The van der Waals surface area contributed by atoms with Gasteiger partial charge in [-0.05, 0) is 24.6 Å². The second-order valence-electron chi connectivity index (χ2n) is 3.32. The Balaban J connectivity index is 2.64. The lowest BCUT2D eigenvalue weighted by molar-refractivity contribution is 0.477. The van der Waals surface area contributed by atoms with Gasteiger partial charge in [0.2, 0.25) is 0 Å². The molecule has 15 heavy (non-hydrogen) atoms. The van der Waals surface area contributed by atoms with Gasteiger partial charge in [-0.25, -0.2) is 0 Å². The number of aryl methyl sites for hydroxylation is 1. The third-order valence-corrected chi connectivity index (χ3v) is 2.64. The summed E-state index contributed by atoms with van der Waals surface area (Å²) in [5.74, 6) is 0.551. The van der Waals surface area contributed by atoms with E-state index in [4.69, 9.17) is 17.3 Å². The number of phenolic OH excluding ortho intramolecular Hbond substituents is 1. The fourth-order valence-electron chi connectivity index (χ4n) is 1.39. The van der Waals surface area contributed by atoms with Gasteiger partial charge in [-0.1, -0.05) is 11.6 Å². The zero-order valence-corrected chi connectivity index (χ0v) is 8.84. The summed E-state index contributed by atoms with van der Waals surface area (Å²) in [6, 6.07) is 3.28. The zero-order chi connectivity index (χ0) is 11.0. The molecule has 4 N–H and O–H groups in total. The number of anilines is 1. The Morgan fingerprint density at radius 1 is 1.40 bits per heavy atom. The van der Waals surface area contributed by atoms with E-state index >= 15 is 0 Å². The maximum Gasteiger partial charge on any atom is 0.126 e. The molecule has 4 nitrogen and oxygen atoms in total. The van der Waals surface area contributed by atoms with Crippen molar-refractivity contribution in [3.8, 4) is 16.9 Å². The molecule has 0 radical (unpaired) electrons. The molecule has 1 heterocycles. The van der Waals surface area contributed by atoms with E-state index in [2.05, 4.69) is 10.2 Å². The second-order valence-corrected chi connectivity index (χ2v) is 3.72. The highest BCUT2D eigenvalue weighted by Crippen LogP contribution is 2.35. The summed E-state index contributed by atoms with van der Waals surface area (Å²) in [5, 5.41) is 16.7. The molecule has 2 aromatic rings. The van der Waals surface area contributed by atoms with E-state index in [-0.39, 0.29) is 5.75 Å². The van der Waals surface area contributed by atoms with Gasteiger partial charge in [-0.2, -0.15) is 5.10 Å². The van der Waals surface area contributed by atoms with Crippen LogP contribution in [0.25, 0.3) is 11.1 Å². The van der Waals surface area contributed by atoms with Crippen molar-refractivity contribution in [3.05, 3.63) is 28.9 Å². The van der Waals surface area contributed by atoms with Crippen molar-refractivity contribution < 1.29 is 5.11 Å². The quantitative estimate of drug-likeness (QED) is 0.695. The number of halogens is 1. The molecule has 0 atom stereocenters. The number of aromatic amines is 1. The molecule has 0 spiro atoms. The topological polar surface area (TPSA) is 74.9 Å². The molecule has 0 bridgehead atoms. The van der Waals surface area contributed by atoms with Crippen molar-refractivity contribution in [2.24, 2.45) is 0 Å². The third kappa shape index (κ3) is 1.64. The molecule has 0 aliphatic rings. The Morgan fingerprint density at radius 3 is 2.73 bits per heavy atom. The van der Waals surface area contributed by atoms with Crippen LogP contribution < -0.4 is 5.73 Å². The highest BCUT2D eigenvalue weighted by atomic mass is 35.5. The van der Waals surface area contributed by atoms with E-state index in [1.54, 1.807) is 18.3 Å². The van der Waals surface area contributed by atoms with Crippen molar-refractivity contribution in [1.29, 1.82) is 0 Å². The van der Waals surface area contributed by atoms with E-state index in [9.17, 15) is 5.11 Å². The molecule has 0 fully saturated rings. The van der Waals surface area contributed by atoms with Crippen LogP contribution in [0, 0.1) is 6.92 Å². The fraction of sp³-hybridized carbons (Fsp3) is 0.100. The Bertz CT molecular complexity index is 507. The first kappa shape index (κ1) is 9.86. The first-order chi connectivity index (χ1) is 7.09. The Labute approximate surface area is 91.7 Å². The van der Waals surface area contributed by atoms with Gasteiger partial charge < -0.3 is 10.8 Å². The minimum atomic E-state index is 0.144. The maximum atomic E-state index is 9.76. The normalized spacial score (nSPS) is 10.5. The number of H-pyrrole nitrogens is 1. The summed E-state index contributed by atoms with van der Waals surface area (Å²) in [7, 11) is 0. The number of hydrogen-bond acceptors (Lipinski definition) is 3. The molecule has 1 aromatic carbocycles. The van der Waals surface area contributed by atoms with Crippen LogP contribution in [-0.4, -0.2) is 15.3 Å². The number of aromatic nitrogens is 2. The summed E-state index contributed by atoms with van der Waals surface area (Å²) >= 11 is 5.97. The Kier molecular flexibility index (Phi) is 2.28. The fourth-order valence-corrected chi connectivity index (χ4v) is 1.56. The second kappa shape index (κ2) is 3.47. The van der Waals surface area contributed by atoms with Gasteiger partial charge in [0.1, 0.15) is 11.6 Å². The largest absolute Gasteiger partial charge is 0.507 e. The van der Waals surface area contributed by atoms with Crippen molar-refractivity contribution in [2.75, 3.05) is 5.73 Å². The highest BCUT2D eigenvalue weighted by Gasteiger charge is 2.11. The van der Waals surface area contributed by atoms with Crippen molar-refractivity contribution in [3.63, 3.8) is 0 Å². The number of nitrogens with two attached hydrogens (primary N) is 1. The maximum absolute atomic E-state index is 9.76. The molecule has 78 valence electrons. The number of hydrogen-bond donors (Lipinski definition) is 3. The zero-order valence-electron chi connectivity index (χ0n) is 8.08. The van der Waals surface area contributed by atoms with E-state index in [0.717, 1.165) is 5.56 Å². The molecule has 0 saturated heterocycles. The van der Waals surface area contributed by atoms with Crippen LogP contribution in [0.3, 0.4) is 0 Å². The molecule has 5 heteroatoms. The smallest absolute Gasteiger partial charge is 0.126 e. The molecule has 0 aliphatic heterocycles. The first-order valence-corrected chi connectivity index (χ1v) is 4.75. The number of rotatable bonds is 1. The van der Waals surface area contributed by atoms with Crippen LogP contribution in [-0.2, 0) is 0 Å². The number of phenols is 1. The SMILES string of the molecule is Cc1cc(O)c(-c2cn[nH]c2N)cc1Cl. The number of benzene rings is 1. The molecule has 0 saturated carbocycles. The van der Waals surface area contributed by atoms with Gasteiger partial charge in [0.15, 0.2) is 0 Å². The number of aromatic hydroxyl groups is 1. The van der Waals surface area contributed by atoms with Crippen LogP contribution in [0.5, 0.6) is 5.75 Å². The summed E-state index contributed by atoms with van der Waals surface area (Å²) in [4.78, 5) is 0. The summed E-state index contributed by atoms with van der Waals surface area (Å²) in [6.45, 7) is 1.82. The van der Waals surface area contributed by atoms with Gasteiger partial charge >= 0.3 is 0 Å². The molecule has 2 rings (SSSR count). The van der Waals surface area contributed by atoms with Crippen LogP contribution in [0.4, 0.5) is 5.82 Å². The van der Waals surface area contributed by atoms with Crippen molar-refractivity contribution in [1.82, 2.24) is 10.2 Å². The number of nitrogens with one attached hydrogen (secondary N) is 1. The Hall–Kier alpha value is -1.68. The Morgan fingerprint density at radius 2 is 2.13 bits per heavy atom. The molecule has 0 aliphatic carbocycles. The van der Waals surface area contributed by atoms with Crippen molar-refractivity contribution >= 4 is 17.4 Å². The minimum Gasteiger partial charge on any atom is -0.507 e. The number of nitrogens with zero attached hydrogens (tertiary/aromatic N) is 1. The predicted octanol–water partition coefficient (Wildman–Crippen LogP) is 2.33. The molecule has 0 amide bonds. The first-order valence-electron chi connectivity index (χ1n) is 4.38.